The van der Waals surface area contributed by atoms with Gasteiger partial charge in [0.25, 0.3) is 5.56 Å². The molecule has 0 atom stereocenters. The molecular weight excluding hydrogens is 276 g/mol. The van der Waals surface area contributed by atoms with Gasteiger partial charge in [0, 0.05) is 10.4 Å². The first-order chi connectivity index (χ1) is 9.74. The summed E-state index contributed by atoms with van der Waals surface area (Å²) in [6.07, 6.45) is 0. The summed E-state index contributed by atoms with van der Waals surface area (Å²) in [5, 5.41) is 8.33. The number of fused-ring (bicyclic) bond motifs is 1. The monoisotopic (exact) mass is 286 g/mol. The Balaban J connectivity index is 1.97. The smallest absolute Gasteiger partial charge is 0.272 e. The van der Waals surface area contributed by atoms with Gasteiger partial charge in [0.05, 0.1) is 5.39 Å². The van der Waals surface area contributed by atoms with Crippen LogP contribution < -0.4 is 10.3 Å². The summed E-state index contributed by atoms with van der Waals surface area (Å²) in [5.74, 6) is 0.746. The van der Waals surface area contributed by atoms with Crippen LogP contribution in [0.4, 0.5) is 0 Å². The highest BCUT2D eigenvalue weighted by molar-refractivity contribution is 6.31. The highest BCUT2D eigenvalue weighted by Crippen LogP contribution is 2.20. The zero-order valence-electron chi connectivity index (χ0n) is 10.5. The third kappa shape index (κ3) is 2.51. The van der Waals surface area contributed by atoms with Crippen molar-refractivity contribution < 1.29 is 4.74 Å². The van der Waals surface area contributed by atoms with E-state index >= 15 is 0 Å². The van der Waals surface area contributed by atoms with Crippen molar-refractivity contribution in [3.8, 4) is 5.75 Å². The van der Waals surface area contributed by atoms with E-state index in [1.165, 1.54) is 0 Å². The number of hydrogen-bond donors (Lipinski definition) is 1. The minimum absolute atomic E-state index is 0.236. The van der Waals surface area contributed by atoms with Crippen LogP contribution in [-0.2, 0) is 6.61 Å². The lowest BCUT2D eigenvalue weighted by atomic mass is 10.1. The van der Waals surface area contributed by atoms with E-state index in [4.69, 9.17) is 16.3 Å². The largest absolute Gasteiger partial charge is 0.487 e. The molecule has 3 rings (SSSR count). The van der Waals surface area contributed by atoms with Gasteiger partial charge in [-0.3, -0.25) is 4.79 Å². The molecule has 0 amide bonds. The van der Waals surface area contributed by atoms with Gasteiger partial charge in [-0.05, 0) is 30.3 Å². The first kappa shape index (κ1) is 12.7. The lowest BCUT2D eigenvalue weighted by molar-refractivity contribution is 0.301. The first-order valence-corrected chi connectivity index (χ1v) is 6.46. The maximum absolute atomic E-state index is 11.7. The molecule has 0 bridgehead atoms. The predicted molar refractivity (Wildman–Crippen MR) is 78.1 cm³/mol. The topological polar surface area (TPSA) is 55.0 Å². The molecule has 1 heterocycles. The molecule has 0 unspecified atom stereocenters. The van der Waals surface area contributed by atoms with Crippen LogP contribution in [0.1, 0.15) is 5.69 Å². The van der Waals surface area contributed by atoms with Crippen molar-refractivity contribution in [1.82, 2.24) is 10.2 Å². The number of aromatic amines is 1. The summed E-state index contributed by atoms with van der Waals surface area (Å²) >= 11 is 5.98. The highest BCUT2D eigenvalue weighted by Gasteiger charge is 2.08. The number of para-hydroxylation sites is 1. The molecule has 1 N–H and O–H groups in total. The van der Waals surface area contributed by atoms with Crippen molar-refractivity contribution >= 4 is 22.4 Å². The summed E-state index contributed by atoms with van der Waals surface area (Å²) in [6, 6.07) is 14.5. The van der Waals surface area contributed by atoms with Crippen molar-refractivity contribution in [2.45, 2.75) is 6.61 Å². The van der Waals surface area contributed by atoms with Gasteiger partial charge in [-0.2, -0.15) is 5.10 Å². The van der Waals surface area contributed by atoms with E-state index in [9.17, 15) is 4.79 Å². The number of nitrogens with one attached hydrogen (secondary N) is 1. The van der Waals surface area contributed by atoms with Crippen LogP contribution in [0.5, 0.6) is 5.75 Å². The van der Waals surface area contributed by atoms with Gasteiger partial charge < -0.3 is 4.74 Å². The predicted octanol–water partition coefficient (Wildman–Crippen LogP) is 3.16. The summed E-state index contributed by atoms with van der Waals surface area (Å²) in [4.78, 5) is 11.7. The Morgan fingerprint density at radius 2 is 1.90 bits per heavy atom. The van der Waals surface area contributed by atoms with Crippen LogP contribution in [-0.4, -0.2) is 10.2 Å². The molecule has 0 aliphatic carbocycles. The van der Waals surface area contributed by atoms with E-state index in [0.717, 1.165) is 5.75 Å². The van der Waals surface area contributed by atoms with Crippen molar-refractivity contribution in [2.75, 3.05) is 0 Å². The van der Waals surface area contributed by atoms with E-state index in [2.05, 4.69) is 10.2 Å². The number of benzene rings is 2. The molecule has 100 valence electrons. The second-order valence-electron chi connectivity index (χ2n) is 4.29. The van der Waals surface area contributed by atoms with E-state index in [1.807, 2.05) is 30.3 Å². The van der Waals surface area contributed by atoms with Gasteiger partial charge in [0.1, 0.15) is 18.1 Å². The van der Waals surface area contributed by atoms with E-state index < -0.39 is 0 Å². The van der Waals surface area contributed by atoms with Crippen molar-refractivity contribution in [2.24, 2.45) is 0 Å². The average Bonchev–Trinajstić information content (AvgIpc) is 2.47. The Labute approximate surface area is 120 Å². The van der Waals surface area contributed by atoms with Gasteiger partial charge >= 0.3 is 0 Å². The van der Waals surface area contributed by atoms with Gasteiger partial charge in [0.15, 0.2) is 0 Å². The molecule has 20 heavy (non-hydrogen) atoms. The Bertz CT molecular complexity index is 800. The van der Waals surface area contributed by atoms with Crippen LogP contribution in [0.25, 0.3) is 10.8 Å². The lowest BCUT2D eigenvalue weighted by Crippen LogP contribution is -2.12. The van der Waals surface area contributed by atoms with Crippen LogP contribution in [0.2, 0.25) is 5.02 Å². The lowest BCUT2D eigenvalue weighted by Gasteiger charge is -2.07. The fourth-order valence-electron chi connectivity index (χ4n) is 1.97. The number of ether oxygens (including phenoxy) is 1. The molecule has 0 aliphatic rings. The number of aromatic nitrogens is 2. The molecule has 5 heteroatoms. The SMILES string of the molecule is O=c1[nH]nc(COc2ccccc2)c2cc(Cl)ccc12. The molecule has 0 spiro atoms. The second-order valence-corrected chi connectivity index (χ2v) is 4.73. The Kier molecular flexibility index (Phi) is 3.39. The van der Waals surface area contributed by atoms with Gasteiger partial charge in [-0.15, -0.1) is 0 Å². The number of halogens is 1. The molecule has 0 saturated heterocycles. The van der Waals surface area contributed by atoms with Crippen molar-refractivity contribution in [3.63, 3.8) is 0 Å². The Morgan fingerprint density at radius 1 is 1.10 bits per heavy atom. The fourth-order valence-corrected chi connectivity index (χ4v) is 2.14. The Hall–Kier alpha value is -2.33. The third-order valence-corrected chi connectivity index (χ3v) is 3.18. The zero-order valence-corrected chi connectivity index (χ0v) is 11.2. The second kappa shape index (κ2) is 5.35. The molecule has 0 radical (unpaired) electrons. The standard InChI is InChI=1S/C15H11ClN2O2/c16-10-6-7-12-13(8-10)14(17-18-15(12)19)9-20-11-4-2-1-3-5-11/h1-8H,9H2,(H,18,19). The third-order valence-electron chi connectivity index (χ3n) is 2.95. The summed E-state index contributed by atoms with van der Waals surface area (Å²) in [6.45, 7) is 0.262. The van der Waals surface area contributed by atoms with Crippen LogP contribution in [0.15, 0.2) is 53.3 Å². The van der Waals surface area contributed by atoms with Crippen LogP contribution >= 0.6 is 11.6 Å². The maximum Gasteiger partial charge on any atom is 0.272 e. The number of nitrogens with zero attached hydrogens (tertiary/aromatic N) is 1. The molecular formula is C15H11ClN2O2. The van der Waals surface area contributed by atoms with E-state index in [1.54, 1.807) is 18.2 Å². The molecule has 2 aromatic carbocycles. The van der Waals surface area contributed by atoms with Crippen LogP contribution in [0, 0.1) is 0 Å². The zero-order chi connectivity index (χ0) is 13.9. The number of rotatable bonds is 3. The van der Waals surface area contributed by atoms with E-state index in [-0.39, 0.29) is 12.2 Å². The average molecular weight is 287 g/mol. The quantitative estimate of drug-likeness (QED) is 0.805. The molecule has 0 fully saturated rings. The van der Waals surface area contributed by atoms with Gasteiger partial charge in [0.2, 0.25) is 0 Å². The normalized spacial score (nSPS) is 10.7. The minimum atomic E-state index is -0.236. The molecule has 0 saturated carbocycles. The Morgan fingerprint density at radius 3 is 2.70 bits per heavy atom. The van der Waals surface area contributed by atoms with Crippen molar-refractivity contribution in [3.05, 3.63) is 69.6 Å². The summed E-state index contributed by atoms with van der Waals surface area (Å²) < 4.78 is 5.65. The molecule has 3 aromatic rings. The number of hydrogen-bond acceptors (Lipinski definition) is 3. The van der Waals surface area contributed by atoms with E-state index in [0.29, 0.717) is 21.5 Å². The maximum atomic E-state index is 11.7. The molecule has 4 nitrogen and oxygen atoms in total. The number of H-pyrrole nitrogens is 1. The van der Waals surface area contributed by atoms with Gasteiger partial charge in [-0.25, -0.2) is 5.10 Å². The highest BCUT2D eigenvalue weighted by atomic mass is 35.5. The summed E-state index contributed by atoms with van der Waals surface area (Å²) in [7, 11) is 0. The fraction of sp³-hybridized carbons (Fsp3) is 0.0667. The minimum Gasteiger partial charge on any atom is -0.487 e. The molecule has 0 aliphatic heterocycles. The van der Waals surface area contributed by atoms with Gasteiger partial charge in [-0.1, -0.05) is 29.8 Å². The van der Waals surface area contributed by atoms with Crippen LogP contribution in [0.3, 0.4) is 0 Å². The van der Waals surface area contributed by atoms with Crippen molar-refractivity contribution in [1.29, 1.82) is 0 Å². The first-order valence-electron chi connectivity index (χ1n) is 6.09. The summed E-state index contributed by atoms with van der Waals surface area (Å²) in [5.41, 5.74) is 0.408. The molecule has 1 aromatic heterocycles.